The molecular weight excluding hydrogens is 354 g/mol. The monoisotopic (exact) mass is 373 g/mol. The van der Waals surface area contributed by atoms with Crippen LogP contribution >= 0.6 is 11.6 Å². The summed E-state index contributed by atoms with van der Waals surface area (Å²) in [4.78, 5) is 27.1. The summed E-state index contributed by atoms with van der Waals surface area (Å²) in [5, 5.41) is 11.2. The summed E-state index contributed by atoms with van der Waals surface area (Å²) in [6.45, 7) is 5.58. The van der Waals surface area contributed by atoms with Crippen LogP contribution in [0.25, 0.3) is 0 Å². The van der Waals surface area contributed by atoms with Gasteiger partial charge >= 0.3 is 0 Å². The number of hydrogen-bond donors (Lipinski definition) is 0. The molecule has 1 amide bonds. The minimum atomic E-state index is -0.521. The van der Waals surface area contributed by atoms with Crippen LogP contribution in [0.3, 0.4) is 0 Å². The van der Waals surface area contributed by atoms with Crippen molar-refractivity contribution in [1.29, 1.82) is 0 Å². The second kappa shape index (κ2) is 7.85. The number of amides is 1. The van der Waals surface area contributed by atoms with Crippen LogP contribution in [-0.2, 0) is 6.54 Å². The Balaban J connectivity index is 1.63. The molecule has 1 heterocycles. The van der Waals surface area contributed by atoms with Gasteiger partial charge in [0.05, 0.1) is 15.5 Å². The van der Waals surface area contributed by atoms with Crippen LogP contribution in [0.15, 0.2) is 42.5 Å². The van der Waals surface area contributed by atoms with E-state index < -0.39 is 4.92 Å². The minimum Gasteiger partial charge on any atom is -0.336 e. The molecular formula is C19H20ClN3O3. The molecule has 6 nitrogen and oxygen atoms in total. The van der Waals surface area contributed by atoms with Crippen molar-refractivity contribution in [3.05, 3.63) is 74.3 Å². The highest BCUT2D eigenvalue weighted by atomic mass is 35.5. The molecule has 0 unspecified atom stereocenters. The Hall–Kier alpha value is -2.44. The van der Waals surface area contributed by atoms with E-state index in [4.69, 9.17) is 11.6 Å². The molecule has 2 aromatic carbocycles. The normalized spacial score (nSPS) is 15.1. The maximum atomic E-state index is 12.7. The molecule has 7 heteroatoms. The van der Waals surface area contributed by atoms with E-state index in [0.29, 0.717) is 13.1 Å². The largest absolute Gasteiger partial charge is 0.336 e. The lowest BCUT2D eigenvalue weighted by Gasteiger charge is -2.35. The predicted octanol–water partition coefficient (Wildman–Crippen LogP) is 3.51. The number of benzene rings is 2. The van der Waals surface area contributed by atoms with Gasteiger partial charge in [0.2, 0.25) is 0 Å². The van der Waals surface area contributed by atoms with Crippen LogP contribution in [-0.4, -0.2) is 46.8 Å². The standard InChI is InChI=1S/C19H20ClN3O3/c1-14-3-2-4-15(11-14)13-21-7-9-22(10-8-21)19(24)17-12-16(23(25)26)5-6-18(17)20/h2-6,11-12H,7-10,13H2,1H3. The van der Waals surface area contributed by atoms with Gasteiger partial charge in [0.1, 0.15) is 0 Å². The van der Waals surface area contributed by atoms with E-state index in [-0.39, 0.29) is 22.2 Å². The summed E-state index contributed by atoms with van der Waals surface area (Å²) in [5.74, 6) is -0.256. The smallest absolute Gasteiger partial charge is 0.270 e. The molecule has 0 N–H and O–H groups in total. The topological polar surface area (TPSA) is 66.7 Å². The second-order valence-electron chi connectivity index (χ2n) is 6.48. The number of non-ortho nitro benzene ring substituents is 1. The van der Waals surface area contributed by atoms with Crippen LogP contribution < -0.4 is 0 Å². The van der Waals surface area contributed by atoms with Gasteiger partial charge in [-0.15, -0.1) is 0 Å². The third-order valence-corrected chi connectivity index (χ3v) is 4.87. The molecule has 0 bridgehead atoms. The number of nitro groups is 1. The van der Waals surface area contributed by atoms with Gasteiger partial charge in [0.25, 0.3) is 11.6 Å². The fraction of sp³-hybridized carbons (Fsp3) is 0.316. The van der Waals surface area contributed by atoms with E-state index in [0.717, 1.165) is 19.6 Å². The average molecular weight is 374 g/mol. The van der Waals surface area contributed by atoms with Crippen molar-refractivity contribution < 1.29 is 9.72 Å². The first-order valence-electron chi connectivity index (χ1n) is 8.45. The van der Waals surface area contributed by atoms with Crippen molar-refractivity contribution in [3.8, 4) is 0 Å². The maximum absolute atomic E-state index is 12.7. The number of nitro benzene ring substituents is 1. The van der Waals surface area contributed by atoms with Crippen molar-refractivity contribution in [2.45, 2.75) is 13.5 Å². The van der Waals surface area contributed by atoms with Gasteiger partial charge in [-0.25, -0.2) is 0 Å². The molecule has 1 saturated heterocycles. The predicted molar refractivity (Wildman–Crippen MR) is 100 cm³/mol. The molecule has 1 fully saturated rings. The Morgan fingerprint density at radius 2 is 1.88 bits per heavy atom. The Morgan fingerprint density at radius 3 is 2.54 bits per heavy atom. The van der Waals surface area contributed by atoms with E-state index in [1.165, 1.54) is 29.3 Å². The first-order chi connectivity index (χ1) is 12.4. The Labute approximate surface area is 157 Å². The molecule has 0 spiro atoms. The number of halogens is 1. The molecule has 3 rings (SSSR count). The maximum Gasteiger partial charge on any atom is 0.270 e. The number of carbonyl (C=O) groups excluding carboxylic acids is 1. The van der Waals surface area contributed by atoms with Gasteiger partial charge in [-0.05, 0) is 18.6 Å². The van der Waals surface area contributed by atoms with Gasteiger partial charge in [0, 0.05) is 44.9 Å². The molecule has 1 aliphatic rings. The molecule has 0 aliphatic carbocycles. The molecule has 136 valence electrons. The Bertz CT molecular complexity index is 833. The number of nitrogens with zero attached hydrogens (tertiary/aromatic N) is 3. The zero-order chi connectivity index (χ0) is 18.7. The summed E-state index contributed by atoms with van der Waals surface area (Å²) < 4.78 is 0. The van der Waals surface area contributed by atoms with Crippen LogP contribution in [0, 0.1) is 17.0 Å². The summed E-state index contributed by atoms with van der Waals surface area (Å²) in [6.07, 6.45) is 0. The number of piperazine rings is 1. The average Bonchev–Trinajstić information content (AvgIpc) is 2.62. The third kappa shape index (κ3) is 4.20. The SMILES string of the molecule is Cc1cccc(CN2CCN(C(=O)c3cc([N+](=O)[O-])ccc3Cl)CC2)c1. The van der Waals surface area contributed by atoms with Gasteiger partial charge in [-0.1, -0.05) is 41.4 Å². The van der Waals surface area contributed by atoms with E-state index in [1.807, 2.05) is 0 Å². The first-order valence-corrected chi connectivity index (χ1v) is 8.83. The van der Waals surface area contributed by atoms with Gasteiger partial charge in [-0.2, -0.15) is 0 Å². The lowest BCUT2D eigenvalue weighted by Crippen LogP contribution is -2.48. The van der Waals surface area contributed by atoms with E-state index in [1.54, 1.807) is 4.90 Å². The molecule has 0 atom stereocenters. The quantitative estimate of drug-likeness (QED) is 0.607. The minimum absolute atomic E-state index is 0.129. The van der Waals surface area contributed by atoms with E-state index in [9.17, 15) is 14.9 Å². The lowest BCUT2D eigenvalue weighted by atomic mass is 10.1. The summed E-state index contributed by atoms with van der Waals surface area (Å²) in [5.41, 5.74) is 2.55. The number of hydrogen-bond acceptors (Lipinski definition) is 4. The number of rotatable bonds is 4. The Kier molecular flexibility index (Phi) is 5.54. The van der Waals surface area contributed by atoms with Crippen molar-refractivity contribution in [3.63, 3.8) is 0 Å². The second-order valence-corrected chi connectivity index (χ2v) is 6.89. The fourth-order valence-corrected chi connectivity index (χ4v) is 3.34. The van der Waals surface area contributed by atoms with Crippen LogP contribution in [0.1, 0.15) is 21.5 Å². The van der Waals surface area contributed by atoms with Gasteiger partial charge in [-0.3, -0.25) is 19.8 Å². The van der Waals surface area contributed by atoms with Crippen LogP contribution in [0.5, 0.6) is 0 Å². The Morgan fingerprint density at radius 1 is 1.15 bits per heavy atom. The van der Waals surface area contributed by atoms with Crippen LogP contribution in [0.2, 0.25) is 5.02 Å². The van der Waals surface area contributed by atoms with Gasteiger partial charge in [0.15, 0.2) is 0 Å². The summed E-state index contributed by atoms with van der Waals surface area (Å²) in [6, 6.07) is 12.4. The van der Waals surface area contributed by atoms with Gasteiger partial charge < -0.3 is 4.90 Å². The zero-order valence-electron chi connectivity index (χ0n) is 14.5. The molecule has 26 heavy (non-hydrogen) atoms. The summed E-state index contributed by atoms with van der Waals surface area (Å²) in [7, 11) is 0. The molecule has 0 radical (unpaired) electrons. The molecule has 1 aliphatic heterocycles. The van der Waals surface area contributed by atoms with E-state index >= 15 is 0 Å². The van der Waals surface area contributed by atoms with Crippen molar-refractivity contribution in [2.75, 3.05) is 26.2 Å². The third-order valence-electron chi connectivity index (χ3n) is 4.54. The first kappa shape index (κ1) is 18.4. The van der Waals surface area contributed by atoms with Crippen molar-refractivity contribution >= 4 is 23.2 Å². The van der Waals surface area contributed by atoms with Crippen molar-refractivity contribution in [1.82, 2.24) is 9.80 Å². The van der Waals surface area contributed by atoms with E-state index in [2.05, 4.69) is 36.1 Å². The summed E-state index contributed by atoms with van der Waals surface area (Å²) >= 11 is 6.09. The highest BCUT2D eigenvalue weighted by Crippen LogP contribution is 2.24. The number of carbonyl (C=O) groups is 1. The van der Waals surface area contributed by atoms with Crippen molar-refractivity contribution in [2.24, 2.45) is 0 Å². The highest BCUT2D eigenvalue weighted by molar-refractivity contribution is 6.33. The van der Waals surface area contributed by atoms with Crippen LogP contribution in [0.4, 0.5) is 5.69 Å². The lowest BCUT2D eigenvalue weighted by molar-refractivity contribution is -0.384. The highest BCUT2D eigenvalue weighted by Gasteiger charge is 2.25. The number of aryl methyl sites for hydroxylation is 1. The molecule has 2 aromatic rings. The molecule has 0 aromatic heterocycles. The fourth-order valence-electron chi connectivity index (χ4n) is 3.14. The molecule has 0 saturated carbocycles. The zero-order valence-corrected chi connectivity index (χ0v) is 15.3.